The smallest absolute Gasteiger partial charge is 0.309 e. The van der Waals surface area contributed by atoms with Gasteiger partial charge < -0.3 is 4.74 Å². The molecule has 0 amide bonds. The maximum absolute atomic E-state index is 12.3. The summed E-state index contributed by atoms with van der Waals surface area (Å²) in [5.41, 5.74) is 0. The minimum atomic E-state index is 0.0929. The molecule has 3 aliphatic rings. The van der Waals surface area contributed by atoms with Crippen molar-refractivity contribution >= 4 is 5.97 Å². The van der Waals surface area contributed by atoms with Crippen LogP contribution in [0.1, 0.15) is 51.9 Å². The molecule has 4 unspecified atom stereocenters. The Labute approximate surface area is 110 Å². The second-order valence-corrected chi connectivity index (χ2v) is 6.30. The van der Waals surface area contributed by atoms with Crippen molar-refractivity contribution in [2.24, 2.45) is 23.7 Å². The van der Waals surface area contributed by atoms with Crippen LogP contribution in [-0.2, 0) is 9.53 Å². The summed E-state index contributed by atoms with van der Waals surface area (Å²) in [6, 6.07) is 0. The first-order chi connectivity index (χ1) is 8.78. The monoisotopic (exact) mass is 248 g/mol. The van der Waals surface area contributed by atoms with Crippen LogP contribution >= 0.6 is 0 Å². The van der Waals surface area contributed by atoms with Crippen LogP contribution in [0.4, 0.5) is 0 Å². The van der Waals surface area contributed by atoms with Crippen molar-refractivity contribution in [3.63, 3.8) is 0 Å². The molecule has 0 saturated heterocycles. The Morgan fingerprint density at radius 1 is 1.28 bits per heavy atom. The Balaban J connectivity index is 1.61. The lowest BCUT2D eigenvalue weighted by molar-refractivity contribution is -0.156. The summed E-state index contributed by atoms with van der Waals surface area (Å²) in [5, 5.41) is 0. The number of fused-ring (bicyclic) bond motifs is 2. The van der Waals surface area contributed by atoms with Gasteiger partial charge in [-0.1, -0.05) is 19.1 Å². The molecule has 2 fully saturated rings. The van der Waals surface area contributed by atoms with Crippen LogP contribution in [0.5, 0.6) is 0 Å². The van der Waals surface area contributed by atoms with E-state index < -0.39 is 0 Å². The lowest BCUT2D eigenvalue weighted by Crippen LogP contribution is -2.30. The number of carbonyl (C=O) groups excluding carboxylic acids is 1. The molecule has 18 heavy (non-hydrogen) atoms. The first kappa shape index (κ1) is 12.3. The Bertz CT molecular complexity index is 341. The Morgan fingerprint density at radius 3 is 2.61 bits per heavy atom. The van der Waals surface area contributed by atoms with Crippen molar-refractivity contribution in [2.45, 2.75) is 58.0 Å². The van der Waals surface area contributed by atoms with E-state index in [1.165, 1.54) is 25.7 Å². The molecule has 0 N–H and O–H groups in total. The maximum Gasteiger partial charge on any atom is 0.309 e. The van der Waals surface area contributed by atoms with Gasteiger partial charge in [0.2, 0.25) is 0 Å². The molecule has 100 valence electrons. The highest BCUT2D eigenvalue weighted by molar-refractivity contribution is 5.73. The Morgan fingerprint density at radius 2 is 2.06 bits per heavy atom. The van der Waals surface area contributed by atoms with Gasteiger partial charge >= 0.3 is 5.97 Å². The molecule has 2 nitrogen and oxygen atoms in total. The molecule has 0 heterocycles. The van der Waals surface area contributed by atoms with Gasteiger partial charge in [-0.05, 0) is 62.7 Å². The number of allylic oxidation sites excluding steroid dienone is 2. The molecule has 0 aromatic heterocycles. The van der Waals surface area contributed by atoms with E-state index in [1.807, 2.05) is 0 Å². The minimum absolute atomic E-state index is 0.0929. The van der Waals surface area contributed by atoms with Gasteiger partial charge in [-0.2, -0.15) is 0 Å². The topological polar surface area (TPSA) is 26.3 Å². The third-order valence-corrected chi connectivity index (χ3v) is 5.17. The van der Waals surface area contributed by atoms with Crippen LogP contribution in [0.15, 0.2) is 12.2 Å². The molecule has 2 bridgehead atoms. The number of ether oxygens (including phenoxy) is 1. The normalized spacial score (nSPS) is 36.2. The molecule has 4 atom stereocenters. The Kier molecular flexibility index (Phi) is 3.45. The molecular weight excluding hydrogens is 224 g/mol. The third-order valence-electron chi connectivity index (χ3n) is 5.17. The second-order valence-electron chi connectivity index (χ2n) is 6.30. The first-order valence-corrected chi connectivity index (χ1v) is 7.66. The average molecular weight is 248 g/mol. The van der Waals surface area contributed by atoms with Gasteiger partial charge in [0.1, 0.15) is 6.10 Å². The minimum Gasteiger partial charge on any atom is -0.462 e. The predicted octanol–water partition coefficient (Wildman–Crippen LogP) is 3.71. The summed E-state index contributed by atoms with van der Waals surface area (Å²) in [6.45, 7) is 2.14. The van der Waals surface area contributed by atoms with Gasteiger partial charge in [0, 0.05) is 0 Å². The molecule has 0 spiro atoms. The Hall–Kier alpha value is -0.790. The zero-order valence-corrected chi connectivity index (χ0v) is 11.3. The average Bonchev–Trinajstić information content (AvgIpc) is 3.05. The highest BCUT2D eigenvalue weighted by Gasteiger charge is 2.42. The summed E-state index contributed by atoms with van der Waals surface area (Å²) in [5.74, 6) is 2.18. The quantitative estimate of drug-likeness (QED) is 0.560. The van der Waals surface area contributed by atoms with E-state index >= 15 is 0 Å². The molecule has 0 aliphatic heterocycles. The summed E-state index contributed by atoms with van der Waals surface area (Å²) < 4.78 is 5.72. The van der Waals surface area contributed by atoms with Crippen molar-refractivity contribution < 1.29 is 9.53 Å². The first-order valence-electron chi connectivity index (χ1n) is 7.66. The third kappa shape index (κ3) is 2.22. The summed E-state index contributed by atoms with van der Waals surface area (Å²) in [7, 11) is 0. The van der Waals surface area contributed by atoms with Crippen LogP contribution < -0.4 is 0 Å². The fraction of sp³-hybridized carbons (Fsp3) is 0.812. The number of hydrogen-bond acceptors (Lipinski definition) is 2. The van der Waals surface area contributed by atoms with Crippen LogP contribution in [0.2, 0.25) is 0 Å². The second kappa shape index (κ2) is 5.07. The summed E-state index contributed by atoms with van der Waals surface area (Å²) in [6.07, 6.45) is 12.9. The van der Waals surface area contributed by atoms with E-state index in [2.05, 4.69) is 19.1 Å². The molecule has 3 rings (SSSR count). The number of carbonyl (C=O) groups is 1. The van der Waals surface area contributed by atoms with Gasteiger partial charge in [0.05, 0.1) is 5.92 Å². The zero-order valence-electron chi connectivity index (χ0n) is 11.3. The molecule has 0 aromatic carbocycles. The van der Waals surface area contributed by atoms with Crippen LogP contribution in [0, 0.1) is 23.7 Å². The molecule has 2 heteroatoms. The molecule has 2 saturated carbocycles. The van der Waals surface area contributed by atoms with Gasteiger partial charge in [-0.3, -0.25) is 4.79 Å². The highest BCUT2D eigenvalue weighted by Crippen LogP contribution is 2.47. The van der Waals surface area contributed by atoms with Crippen molar-refractivity contribution in [1.29, 1.82) is 0 Å². The van der Waals surface area contributed by atoms with Crippen molar-refractivity contribution in [1.82, 2.24) is 0 Å². The van der Waals surface area contributed by atoms with E-state index in [0.717, 1.165) is 25.2 Å². The van der Waals surface area contributed by atoms with Crippen molar-refractivity contribution in [2.75, 3.05) is 0 Å². The van der Waals surface area contributed by atoms with E-state index in [4.69, 9.17) is 4.74 Å². The zero-order chi connectivity index (χ0) is 12.5. The van der Waals surface area contributed by atoms with E-state index in [9.17, 15) is 4.79 Å². The fourth-order valence-corrected chi connectivity index (χ4v) is 4.19. The lowest BCUT2D eigenvalue weighted by Gasteiger charge is -2.27. The van der Waals surface area contributed by atoms with E-state index in [1.54, 1.807) is 0 Å². The van der Waals surface area contributed by atoms with Crippen molar-refractivity contribution in [3.05, 3.63) is 12.2 Å². The number of hydrogen-bond donors (Lipinski definition) is 0. The lowest BCUT2D eigenvalue weighted by atomic mass is 9.80. The summed E-state index contributed by atoms with van der Waals surface area (Å²) >= 11 is 0. The van der Waals surface area contributed by atoms with Gasteiger partial charge in [0.25, 0.3) is 0 Å². The van der Waals surface area contributed by atoms with E-state index in [0.29, 0.717) is 11.8 Å². The predicted molar refractivity (Wildman–Crippen MR) is 71.0 cm³/mol. The highest BCUT2D eigenvalue weighted by atomic mass is 16.5. The number of rotatable bonds is 4. The summed E-state index contributed by atoms with van der Waals surface area (Å²) in [4.78, 5) is 12.3. The van der Waals surface area contributed by atoms with Gasteiger partial charge in [0.15, 0.2) is 0 Å². The fourth-order valence-electron chi connectivity index (χ4n) is 4.19. The molecule has 3 aliphatic carbocycles. The maximum atomic E-state index is 12.3. The van der Waals surface area contributed by atoms with Crippen LogP contribution in [0.25, 0.3) is 0 Å². The van der Waals surface area contributed by atoms with Gasteiger partial charge in [-0.15, -0.1) is 0 Å². The molecule has 0 radical (unpaired) electrons. The molecular formula is C16H24O2. The standard InChI is InChI=1S/C16H24O2/c1-2-14(15-10-11-7-8-12(15)9-11)16(17)18-13-5-3-4-6-13/h7-8,11-15H,2-6,9-10H2,1H3. The van der Waals surface area contributed by atoms with Crippen LogP contribution in [-0.4, -0.2) is 12.1 Å². The van der Waals surface area contributed by atoms with Crippen molar-refractivity contribution in [3.8, 4) is 0 Å². The SMILES string of the molecule is CCC(C(=O)OC1CCCC1)C1CC2C=CC1C2. The largest absolute Gasteiger partial charge is 0.462 e. The molecule has 0 aromatic rings. The number of esters is 1. The van der Waals surface area contributed by atoms with Crippen LogP contribution in [0.3, 0.4) is 0 Å². The van der Waals surface area contributed by atoms with E-state index in [-0.39, 0.29) is 18.0 Å². The van der Waals surface area contributed by atoms with Gasteiger partial charge in [-0.25, -0.2) is 0 Å².